The van der Waals surface area contributed by atoms with Gasteiger partial charge < -0.3 is 9.47 Å². The predicted molar refractivity (Wildman–Crippen MR) is 98.2 cm³/mol. The van der Waals surface area contributed by atoms with Gasteiger partial charge in [-0.15, -0.1) is 0 Å². The standard InChI is InChI=1S/C19H20N2O5S/c1-11(2)18(19(22)25-3)21-27(23,24)13-5-7-15-14-6-4-12(10-20)8-16(14)26-17(15)9-13/h4-9,11,15,17-18,21H,1-3H3/t15?,17?,18-/m0/s1. The van der Waals surface area contributed by atoms with E-state index in [1.807, 2.05) is 6.07 Å². The zero-order valence-electron chi connectivity index (χ0n) is 15.2. The number of allylic oxidation sites excluding steroid dienone is 1. The monoisotopic (exact) mass is 388 g/mol. The number of rotatable bonds is 5. The summed E-state index contributed by atoms with van der Waals surface area (Å²) >= 11 is 0. The number of carbonyl (C=O) groups is 1. The molecule has 1 aromatic carbocycles. The molecule has 0 saturated carbocycles. The van der Waals surface area contributed by atoms with Gasteiger partial charge in [-0.3, -0.25) is 4.79 Å². The molecule has 0 amide bonds. The first-order valence-electron chi connectivity index (χ1n) is 8.47. The minimum atomic E-state index is -3.93. The van der Waals surface area contributed by atoms with Crippen LogP contribution in [0.4, 0.5) is 0 Å². The Kier molecular flexibility index (Phi) is 5.09. The third-order valence-electron chi connectivity index (χ3n) is 4.63. The number of carbonyl (C=O) groups excluding carboxylic acids is 1. The molecule has 1 aliphatic carbocycles. The van der Waals surface area contributed by atoms with E-state index in [4.69, 9.17) is 10.00 Å². The number of nitrogens with zero attached hydrogens (tertiary/aromatic N) is 1. The summed E-state index contributed by atoms with van der Waals surface area (Å²) in [4.78, 5) is 11.9. The Morgan fingerprint density at radius 1 is 1.37 bits per heavy atom. The van der Waals surface area contributed by atoms with Crippen LogP contribution in [-0.2, 0) is 19.6 Å². The molecule has 27 heavy (non-hydrogen) atoms. The highest BCUT2D eigenvalue weighted by molar-refractivity contribution is 7.93. The van der Waals surface area contributed by atoms with Crippen molar-refractivity contribution in [3.8, 4) is 11.8 Å². The van der Waals surface area contributed by atoms with Crippen LogP contribution >= 0.6 is 0 Å². The average molecular weight is 388 g/mol. The molecule has 3 rings (SSSR count). The van der Waals surface area contributed by atoms with Crippen LogP contribution in [0.25, 0.3) is 0 Å². The third kappa shape index (κ3) is 3.61. The summed E-state index contributed by atoms with van der Waals surface area (Å²) in [7, 11) is -2.71. The summed E-state index contributed by atoms with van der Waals surface area (Å²) < 4.78 is 38.4. The number of nitriles is 1. The fourth-order valence-corrected chi connectivity index (χ4v) is 4.55. The van der Waals surface area contributed by atoms with Crippen LogP contribution in [0.15, 0.2) is 41.3 Å². The number of hydrogen-bond donors (Lipinski definition) is 1. The fraction of sp³-hybridized carbons (Fsp3) is 0.368. The Morgan fingerprint density at radius 3 is 2.74 bits per heavy atom. The Labute approximate surface area is 158 Å². The molecular weight excluding hydrogens is 368 g/mol. The van der Waals surface area contributed by atoms with Gasteiger partial charge in [0.05, 0.1) is 23.6 Å². The van der Waals surface area contributed by atoms with E-state index >= 15 is 0 Å². The Balaban J connectivity index is 1.85. The van der Waals surface area contributed by atoms with Crippen molar-refractivity contribution in [1.82, 2.24) is 4.72 Å². The van der Waals surface area contributed by atoms with Crippen LogP contribution in [0, 0.1) is 17.2 Å². The van der Waals surface area contributed by atoms with Gasteiger partial charge in [-0.05, 0) is 30.2 Å². The van der Waals surface area contributed by atoms with Gasteiger partial charge in [0.15, 0.2) is 0 Å². The van der Waals surface area contributed by atoms with E-state index in [1.165, 1.54) is 19.3 Å². The lowest BCUT2D eigenvalue weighted by molar-refractivity contribution is -0.143. The van der Waals surface area contributed by atoms with Crippen molar-refractivity contribution in [1.29, 1.82) is 5.26 Å². The number of hydrogen-bond acceptors (Lipinski definition) is 6. The van der Waals surface area contributed by atoms with Gasteiger partial charge in [-0.1, -0.05) is 26.0 Å². The van der Waals surface area contributed by atoms with Crippen LogP contribution in [-0.4, -0.2) is 33.6 Å². The van der Waals surface area contributed by atoms with Crippen molar-refractivity contribution in [2.45, 2.75) is 31.9 Å². The second-order valence-corrected chi connectivity index (χ2v) is 8.48. The number of fused-ring (bicyclic) bond motifs is 3. The van der Waals surface area contributed by atoms with E-state index in [9.17, 15) is 13.2 Å². The van der Waals surface area contributed by atoms with Crippen LogP contribution in [0.1, 0.15) is 30.9 Å². The number of ether oxygens (including phenoxy) is 2. The molecule has 0 radical (unpaired) electrons. The topological polar surface area (TPSA) is 105 Å². The summed E-state index contributed by atoms with van der Waals surface area (Å²) in [5.74, 6) is -0.454. The number of methoxy groups -OCH3 is 1. The lowest BCUT2D eigenvalue weighted by Crippen LogP contribution is -2.45. The molecule has 142 valence electrons. The van der Waals surface area contributed by atoms with Crippen LogP contribution < -0.4 is 9.46 Å². The molecule has 7 nitrogen and oxygen atoms in total. The van der Waals surface area contributed by atoms with Crippen molar-refractivity contribution in [2.75, 3.05) is 7.11 Å². The summed E-state index contributed by atoms with van der Waals surface area (Å²) in [6, 6.07) is 6.25. The number of benzene rings is 1. The number of esters is 1. The molecule has 1 aliphatic heterocycles. The van der Waals surface area contributed by atoms with Crippen molar-refractivity contribution in [3.63, 3.8) is 0 Å². The Hall–Kier alpha value is -2.63. The van der Waals surface area contributed by atoms with Crippen molar-refractivity contribution in [2.24, 2.45) is 5.92 Å². The van der Waals surface area contributed by atoms with Crippen LogP contribution in [0.2, 0.25) is 0 Å². The van der Waals surface area contributed by atoms with Gasteiger partial charge in [-0.25, -0.2) is 8.42 Å². The minimum absolute atomic E-state index is 0.0339. The first kappa shape index (κ1) is 19.1. The largest absolute Gasteiger partial charge is 0.485 e. The highest BCUT2D eigenvalue weighted by Crippen LogP contribution is 2.42. The number of sulfonamides is 1. The zero-order valence-corrected chi connectivity index (χ0v) is 16.0. The fourth-order valence-electron chi connectivity index (χ4n) is 3.14. The molecule has 2 aliphatic rings. The van der Waals surface area contributed by atoms with Crippen molar-refractivity contribution >= 4 is 16.0 Å². The molecule has 0 aromatic heterocycles. The third-order valence-corrected chi connectivity index (χ3v) is 6.09. The Bertz CT molecular complexity index is 972. The second-order valence-electron chi connectivity index (χ2n) is 6.77. The number of nitrogens with one attached hydrogen (secondary N) is 1. The predicted octanol–water partition coefficient (Wildman–Crippen LogP) is 1.97. The molecule has 2 unspecified atom stereocenters. The maximum absolute atomic E-state index is 12.7. The van der Waals surface area contributed by atoms with Gasteiger partial charge in [0.1, 0.15) is 17.9 Å². The van der Waals surface area contributed by atoms with Crippen LogP contribution in [0.3, 0.4) is 0 Å². The summed E-state index contributed by atoms with van der Waals surface area (Å²) in [6.45, 7) is 3.46. The van der Waals surface area contributed by atoms with E-state index < -0.39 is 28.1 Å². The minimum Gasteiger partial charge on any atom is -0.485 e. The van der Waals surface area contributed by atoms with Crippen molar-refractivity contribution in [3.05, 3.63) is 52.5 Å². The highest BCUT2D eigenvalue weighted by atomic mass is 32.2. The molecule has 8 heteroatoms. The van der Waals surface area contributed by atoms with E-state index in [0.717, 1.165) is 5.56 Å². The molecule has 0 spiro atoms. The summed E-state index contributed by atoms with van der Waals surface area (Å²) in [5, 5.41) is 9.01. The van der Waals surface area contributed by atoms with Gasteiger partial charge in [0.2, 0.25) is 10.0 Å². The normalized spacial score (nSPS) is 21.5. The average Bonchev–Trinajstić information content (AvgIpc) is 3.01. The molecule has 0 fully saturated rings. The molecule has 0 bridgehead atoms. The van der Waals surface area contributed by atoms with Gasteiger partial charge in [0.25, 0.3) is 0 Å². The smallest absolute Gasteiger partial charge is 0.324 e. The molecular formula is C19H20N2O5S. The lowest BCUT2D eigenvalue weighted by atomic mass is 9.91. The quantitative estimate of drug-likeness (QED) is 0.773. The Morgan fingerprint density at radius 2 is 2.11 bits per heavy atom. The van der Waals surface area contributed by atoms with E-state index in [-0.39, 0.29) is 16.7 Å². The molecule has 1 N–H and O–H groups in total. The van der Waals surface area contributed by atoms with E-state index in [0.29, 0.717) is 11.3 Å². The molecule has 1 heterocycles. The highest BCUT2D eigenvalue weighted by Gasteiger charge is 2.37. The SMILES string of the molecule is COC(=O)[C@@H](NS(=O)(=O)C1=CC2Oc3cc(C#N)ccc3C2C=C1)C(C)C. The summed E-state index contributed by atoms with van der Waals surface area (Å²) in [5.41, 5.74) is 1.39. The summed E-state index contributed by atoms with van der Waals surface area (Å²) in [6.07, 6.45) is 4.31. The van der Waals surface area contributed by atoms with Gasteiger partial charge in [0, 0.05) is 11.5 Å². The van der Waals surface area contributed by atoms with Crippen molar-refractivity contribution < 1.29 is 22.7 Å². The van der Waals surface area contributed by atoms with E-state index in [1.54, 1.807) is 32.1 Å². The second kappa shape index (κ2) is 7.18. The maximum atomic E-state index is 12.7. The first-order chi connectivity index (χ1) is 12.8. The zero-order chi connectivity index (χ0) is 19.8. The lowest BCUT2D eigenvalue weighted by Gasteiger charge is -2.22. The molecule has 0 saturated heterocycles. The van der Waals surface area contributed by atoms with Gasteiger partial charge >= 0.3 is 5.97 Å². The molecule has 3 atom stereocenters. The maximum Gasteiger partial charge on any atom is 0.324 e. The van der Waals surface area contributed by atoms with Gasteiger partial charge in [-0.2, -0.15) is 9.98 Å². The van der Waals surface area contributed by atoms with E-state index in [2.05, 4.69) is 15.5 Å². The molecule has 1 aromatic rings. The van der Waals surface area contributed by atoms with Crippen LogP contribution in [0.5, 0.6) is 5.75 Å². The first-order valence-corrected chi connectivity index (χ1v) is 9.96.